The van der Waals surface area contributed by atoms with Crippen molar-refractivity contribution >= 4 is 49.9 Å². The van der Waals surface area contributed by atoms with Gasteiger partial charge in [0, 0.05) is 36.5 Å². The zero-order chi connectivity index (χ0) is 25.2. The number of anilines is 1. The first-order valence-corrected chi connectivity index (χ1v) is 13.4. The highest BCUT2D eigenvalue weighted by Crippen LogP contribution is 2.42. The number of likely N-dealkylation sites (N-methyl/N-ethyl adjacent to an activating group) is 1. The molecule has 1 heterocycles. The summed E-state index contributed by atoms with van der Waals surface area (Å²) in [5, 5.41) is 4.90. The van der Waals surface area contributed by atoms with E-state index in [2.05, 4.69) is 5.32 Å². The van der Waals surface area contributed by atoms with Crippen LogP contribution >= 0.6 is 11.6 Å². The number of sulfonamides is 1. The number of benzene rings is 3. The van der Waals surface area contributed by atoms with E-state index in [1.807, 2.05) is 31.2 Å². The first-order chi connectivity index (χ1) is 16.7. The molecule has 0 aromatic heterocycles. The normalized spacial score (nSPS) is 14.7. The van der Waals surface area contributed by atoms with E-state index in [4.69, 9.17) is 11.6 Å². The minimum absolute atomic E-state index is 0.0999. The zero-order valence-electron chi connectivity index (χ0n) is 19.7. The average molecular weight is 514 g/mol. The Bertz CT molecular complexity index is 1370. The van der Waals surface area contributed by atoms with E-state index < -0.39 is 16.1 Å². The third kappa shape index (κ3) is 4.99. The van der Waals surface area contributed by atoms with Crippen LogP contribution in [0.4, 0.5) is 5.69 Å². The molecule has 0 aliphatic carbocycles. The third-order valence-electron chi connectivity index (χ3n) is 6.19. The molecule has 3 aromatic carbocycles. The number of hydrogen-bond acceptors (Lipinski definition) is 4. The van der Waals surface area contributed by atoms with E-state index in [-0.39, 0.29) is 31.3 Å². The Labute approximate surface area is 210 Å². The van der Waals surface area contributed by atoms with Crippen molar-refractivity contribution in [3.63, 3.8) is 0 Å². The van der Waals surface area contributed by atoms with Gasteiger partial charge in [0.25, 0.3) is 10.0 Å². The maximum Gasteiger partial charge on any atom is 0.265 e. The fourth-order valence-electron chi connectivity index (χ4n) is 4.45. The van der Waals surface area contributed by atoms with E-state index in [0.29, 0.717) is 34.0 Å². The summed E-state index contributed by atoms with van der Waals surface area (Å²) in [7, 11) is -3.68. The lowest BCUT2D eigenvalue weighted by atomic mass is 10.1. The van der Waals surface area contributed by atoms with Gasteiger partial charge in [0.2, 0.25) is 11.8 Å². The molecule has 1 atom stereocenters. The van der Waals surface area contributed by atoms with Crippen molar-refractivity contribution in [3.05, 3.63) is 71.2 Å². The molecule has 4 rings (SSSR count). The second kappa shape index (κ2) is 10.3. The van der Waals surface area contributed by atoms with Gasteiger partial charge in [-0.1, -0.05) is 48.0 Å². The molecular formula is C26H28ClN3O4S. The quantitative estimate of drug-likeness (QED) is 0.461. The molecular weight excluding hydrogens is 486 g/mol. The predicted molar refractivity (Wildman–Crippen MR) is 138 cm³/mol. The van der Waals surface area contributed by atoms with Crippen molar-refractivity contribution in [2.45, 2.75) is 44.2 Å². The number of carbonyl (C=O) groups is 2. The molecule has 1 aliphatic heterocycles. The van der Waals surface area contributed by atoms with Gasteiger partial charge >= 0.3 is 0 Å². The van der Waals surface area contributed by atoms with Crippen LogP contribution in [0.5, 0.6) is 0 Å². The van der Waals surface area contributed by atoms with E-state index in [9.17, 15) is 18.0 Å². The lowest BCUT2D eigenvalue weighted by Gasteiger charge is -2.29. The van der Waals surface area contributed by atoms with Crippen LogP contribution in [0, 0.1) is 0 Å². The van der Waals surface area contributed by atoms with Gasteiger partial charge < -0.3 is 10.2 Å². The molecule has 1 unspecified atom stereocenters. The molecule has 9 heteroatoms. The monoisotopic (exact) mass is 513 g/mol. The molecule has 0 bridgehead atoms. The van der Waals surface area contributed by atoms with Crippen LogP contribution in [0.15, 0.2) is 65.6 Å². The average Bonchev–Trinajstić information content (AvgIpc) is 3.05. The Morgan fingerprint density at radius 3 is 2.51 bits per heavy atom. The van der Waals surface area contributed by atoms with Gasteiger partial charge in [-0.3, -0.25) is 13.9 Å². The standard InChI is InChI=1S/C26H28ClN3O4S/c1-3-28-26(32)18(2)29(17-19-8-4-11-21(27)16-19)24(31)14-7-15-30-22-12-5-9-20-10-6-13-23(25(20)22)35(30,33)34/h4-6,8-13,16,18H,3,7,14-15,17H2,1-2H3,(H,28,32). The summed E-state index contributed by atoms with van der Waals surface area (Å²) in [6.07, 6.45) is 0.416. The van der Waals surface area contributed by atoms with Crippen LogP contribution in [0.25, 0.3) is 10.8 Å². The predicted octanol–water partition coefficient (Wildman–Crippen LogP) is 4.34. The van der Waals surface area contributed by atoms with Gasteiger partial charge in [0.15, 0.2) is 0 Å². The second-order valence-corrected chi connectivity index (χ2v) is 10.8. The summed E-state index contributed by atoms with van der Waals surface area (Å²) in [4.78, 5) is 27.6. The molecule has 1 N–H and O–H groups in total. The molecule has 0 radical (unpaired) electrons. The fourth-order valence-corrected chi connectivity index (χ4v) is 6.41. The highest BCUT2D eigenvalue weighted by Gasteiger charge is 2.35. The molecule has 7 nitrogen and oxygen atoms in total. The summed E-state index contributed by atoms with van der Waals surface area (Å²) >= 11 is 6.11. The molecule has 0 spiro atoms. The molecule has 2 amide bonds. The smallest absolute Gasteiger partial charge is 0.265 e. The number of halogens is 1. The van der Waals surface area contributed by atoms with Crippen LogP contribution in [0.3, 0.4) is 0 Å². The summed E-state index contributed by atoms with van der Waals surface area (Å²) < 4.78 is 27.7. The van der Waals surface area contributed by atoms with Gasteiger partial charge in [-0.2, -0.15) is 0 Å². The zero-order valence-corrected chi connectivity index (χ0v) is 21.3. The minimum atomic E-state index is -3.68. The van der Waals surface area contributed by atoms with E-state index in [0.717, 1.165) is 10.9 Å². The highest BCUT2D eigenvalue weighted by molar-refractivity contribution is 7.93. The van der Waals surface area contributed by atoms with Gasteiger partial charge in [-0.05, 0) is 55.5 Å². The van der Waals surface area contributed by atoms with Crippen molar-refractivity contribution in [2.24, 2.45) is 0 Å². The molecule has 184 valence electrons. The Balaban J connectivity index is 1.50. The first kappa shape index (κ1) is 25.0. The van der Waals surface area contributed by atoms with Crippen molar-refractivity contribution < 1.29 is 18.0 Å². The molecule has 3 aromatic rings. The maximum absolute atomic E-state index is 13.3. The Morgan fingerprint density at radius 1 is 1.09 bits per heavy atom. The van der Waals surface area contributed by atoms with Crippen molar-refractivity contribution in [3.8, 4) is 0 Å². The van der Waals surface area contributed by atoms with Gasteiger partial charge in [-0.15, -0.1) is 0 Å². The van der Waals surface area contributed by atoms with E-state index in [1.54, 1.807) is 43.3 Å². The topological polar surface area (TPSA) is 86.8 Å². The van der Waals surface area contributed by atoms with Crippen LogP contribution in [-0.2, 0) is 26.2 Å². The van der Waals surface area contributed by atoms with E-state index in [1.165, 1.54) is 9.21 Å². The van der Waals surface area contributed by atoms with Crippen LogP contribution < -0.4 is 9.62 Å². The number of rotatable bonds is 9. The largest absolute Gasteiger partial charge is 0.355 e. The van der Waals surface area contributed by atoms with Crippen molar-refractivity contribution in [2.75, 3.05) is 17.4 Å². The second-order valence-electron chi connectivity index (χ2n) is 8.53. The Hall–Kier alpha value is -3.10. The molecule has 0 saturated carbocycles. The molecule has 1 aliphatic rings. The Morgan fingerprint density at radius 2 is 1.80 bits per heavy atom. The minimum Gasteiger partial charge on any atom is -0.355 e. The molecule has 0 saturated heterocycles. The summed E-state index contributed by atoms with van der Waals surface area (Å²) in [6.45, 7) is 4.37. The van der Waals surface area contributed by atoms with Gasteiger partial charge in [0.05, 0.1) is 10.6 Å². The van der Waals surface area contributed by atoms with Crippen LogP contribution in [0.1, 0.15) is 32.3 Å². The van der Waals surface area contributed by atoms with Gasteiger partial charge in [0.1, 0.15) is 6.04 Å². The number of nitrogens with one attached hydrogen (secondary N) is 1. The van der Waals surface area contributed by atoms with Crippen LogP contribution in [-0.4, -0.2) is 44.3 Å². The highest BCUT2D eigenvalue weighted by atomic mass is 35.5. The summed E-state index contributed by atoms with van der Waals surface area (Å²) in [5.41, 5.74) is 1.45. The fraction of sp³-hybridized carbons (Fsp3) is 0.308. The number of nitrogens with zero attached hydrogens (tertiary/aromatic N) is 2. The van der Waals surface area contributed by atoms with Crippen LogP contribution in [0.2, 0.25) is 5.02 Å². The Kier molecular flexibility index (Phi) is 7.33. The van der Waals surface area contributed by atoms with Crippen molar-refractivity contribution in [1.82, 2.24) is 10.2 Å². The number of carbonyl (C=O) groups excluding carboxylic acids is 2. The molecule has 35 heavy (non-hydrogen) atoms. The lowest BCUT2D eigenvalue weighted by molar-refractivity contribution is -0.140. The lowest BCUT2D eigenvalue weighted by Crippen LogP contribution is -2.47. The van der Waals surface area contributed by atoms with E-state index >= 15 is 0 Å². The molecule has 0 fully saturated rings. The third-order valence-corrected chi connectivity index (χ3v) is 8.28. The number of hydrogen-bond donors (Lipinski definition) is 1. The van der Waals surface area contributed by atoms with Gasteiger partial charge in [-0.25, -0.2) is 8.42 Å². The SMILES string of the molecule is CCNC(=O)C(C)N(Cc1cccc(Cl)c1)C(=O)CCCN1c2cccc3cccc(c23)S1(=O)=O. The summed E-state index contributed by atoms with van der Waals surface area (Å²) in [5.74, 6) is -0.469. The number of amides is 2. The summed E-state index contributed by atoms with van der Waals surface area (Å²) in [6, 6.07) is 17.2. The van der Waals surface area contributed by atoms with Crippen molar-refractivity contribution in [1.29, 1.82) is 0 Å². The first-order valence-electron chi connectivity index (χ1n) is 11.6. The maximum atomic E-state index is 13.3.